The Balaban J connectivity index is 1.18. The van der Waals surface area contributed by atoms with Crippen LogP contribution in [0, 0.1) is 12.7 Å². The number of piperazine rings is 1. The maximum Gasteiger partial charge on any atom is 0.229 e. The van der Waals surface area contributed by atoms with Crippen LogP contribution in [0.15, 0.2) is 36.8 Å². The summed E-state index contributed by atoms with van der Waals surface area (Å²) < 4.78 is 16.9. The van der Waals surface area contributed by atoms with E-state index in [0.29, 0.717) is 29.1 Å². The lowest BCUT2D eigenvalue weighted by atomic mass is 10.2. The third-order valence-corrected chi connectivity index (χ3v) is 7.58. The van der Waals surface area contributed by atoms with E-state index >= 15 is 0 Å². The number of pyridine rings is 2. The lowest BCUT2D eigenvalue weighted by Gasteiger charge is -2.33. The van der Waals surface area contributed by atoms with Crippen molar-refractivity contribution >= 4 is 22.9 Å². The van der Waals surface area contributed by atoms with Crippen molar-refractivity contribution in [2.75, 3.05) is 25.0 Å². The van der Waals surface area contributed by atoms with Gasteiger partial charge >= 0.3 is 0 Å². The highest BCUT2D eigenvalue weighted by molar-refractivity contribution is 5.78. The number of anilines is 2. The molecule has 2 bridgehead atoms. The molecule has 4 aromatic rings. The molecule has 2 aliphatic rings. The van der Waals surface area contributed by atoms with Crippen molar-refractivity contribution in [1.82, 2.24) is 39.3 Å². The summed E-state index contributed by atoms with van der Waals surface area (Å²) in [5.74, 6) is 1.25. The number of aryl methyl sites for hydroxylation is 1. The summed E-state index contributed by atoms with van der Waals surface area (Å²) in [7, 11) is 0. The van der Waals surface area contributed by atoms with Gasteiger partial charge in [0, 0.05) is 55.7 Å². The molecule has 0 saturated carbocycles. The SMILES string of the molecule is CCN1C[C@@H]2C[C@H]1CN2Cc1ccc(Nc2ncc(F)c(-c3cnc4nc(C)n(C(C)C)c4c3)n2)nc1. The topological polar surface area (TPSA) is 87.9 Å². The minimum Gasteiger partial charge on any atom is -0.324 e. The highest BCUT2D eigenvalue weighted by Crippen LogP contribution is 2.31. The highest BCUT2D eigenvalue weighted by atomic mass is 19.1. The lowest BCUT2D eigenvalue weighted by molar-refractivity contribution is 0.127. The predicted molar refractivity (Wildman–Crippen MR) is 141 cm³/mol. The van der Waals surface area contributed by atoms with E-state index < -0.39 is 5.82 Å². The van der Waals surface area contributed by atoms with Crippen molar-refractivity contribution in [3.05, 3.63) is 54.0 Å². The molecule has 0 radical (unpaired) electrons. The van der Waals surface area contributed by atoms with Crippen LogP contribution in [-0.4, -0.2) is 71.0 Å². The fourth-order valence-electron chi connectivity index (χ4n) is 5.86. The van der Waals surface area contributed by atoms with Crippen LogP contribution in [0.2, 0.25) is 0 Å². The third-order valence-electron chi connectivity index (χ3n) is 7.58. The maximum absolute atomic E-state index is 14.8. The van der Waals surface area contributed by atoms with Crippen LogP contribution >= 0.6 is 0 Å². The molecule has 1 N–H and O–H groups in total. The zero-order valence-electron chi connectivity index (χ0n) is 21.7. The minimum atomic E-state index is -0.510. The zero-order chi connectivity index (χ0) is 25.7. The maximum atomic E-state index is 14.8. The Labute approximate surface area is 215 Å². The quantitative estimate of drug-likeness (QED) is 0.400. The fourth-order valence-corrected chi connectivity index (χ4v) is 5.86. The van der Waals surface area contributed by atoms with Crippen LogP contribution in [0.3, 0.4) is 0 Å². The Morgan fingerprint density at radius 1 is 1.03 bits per heavy atom. The van der Waals surface area contributed by atoms with E-state index in [0.717, 1.165) is 31.0 Å². The van der Waals surface area contributed by atoms with Gasteiger partial charge in [0.1, 0.15) is 17.3 Å². The molecule has 192 valence electrons. The van der Waals surface area contributed by atoms with Gasteiger partial charge < -0.3 is 9.88 Å². The molecule has 2 atom stereocenters. The molecule has 0 spiro atoms. The van der Waals surface area contributed by atoms with Crippen molar-refractivity contribution < 1.29 is 4.39 Å². The van der Waals surface area contributed by atoms with Crippen molar-refractivity contribution in [1.29, 1.82) is 0 Å². The normalized spacial score (nSPS) is 19.9. The number of hydrogen-bond acceptors (Lipinski definition) is 8. The predicted octanol–water partition coefficient (Wildman–Crippen LogP) is 4.33. The van der Waals surface area contributed by atoms with Crippen LogP contribution in [0.5, 0.6) is 0 Å². The molecule has 2 saturated heterocycles. The molecule has 0 unspecified atom stereocenters. The standard InChI is InChI=1S/C27H32FN9/c1-5-35-14-21-9-20(35)15-36(21)13-18-6-7-24(29-10-18)33-27-31-12-22(28)25(34-27)19-8-23-26(30-11-19)32-17(4)37(23)16(2)3/h6-8,10-12,16,20-21H,5,9,13-15H2,1-4H3,(H,29,31,33,34)/t20-,21-/m0/s1. The van der Waals surface area contributed by atoms with E-state index in [9.17, 15) is 4.39 Å². The molecule has 9 nitrogen and oxygen atoms in total. The van der Waals surface area contributed by atoms with Gasteiger partial charge in [-0.3, -0.25) is 9.80 Å². The Morgan fingerprint density at radius 2 is 1.84 bits per heavy atom. The molecular formula is C27H32FN9. The second-order valence-corrected chi connectivity index (χ2v) is 10.3. The number of rotatable bonds is 7. The van der Waals surface area contributed by atoms with Crippen LogP contribution in [0.25, 0.3) is 22.4 Å². The van der Waals surface area contributed by atoms with Crippen molar-refractivity contribution in [3.8, 4) is 11.3 Å². The first kappa shape index (κ1) is 23.9. The van der Waals surface area contributed by atoms with Crippen molar-refractivity contribution in [2.24, 2.45) is 0 Å². The molecule has 10 heteroatoms. The van der Waals surface area contributed by atoms with Gasteiger partial charge in [0.05, 0.1) is 11.7 Å². The number of nitrogens with zero attached hydrogens (tertiary/aromatic N) is 8. The summed E-state index contributed by atoms with van der Waals surface area (Å²) in [5.41, 5.74) is 3.42. The largest absolute Gasteiger partial charge is 0.324 e. The average molecular weight is 502 g/mol. The molecule has 37 heavy (non-hydrogen) atoms. The number of hydrogen-bond donors (Lipinski definition) is 1. The van der Waals surface area contributed by atoms with Gasteiger partial charge in [-0.15, -0.1) is 0 Å². The van der Waals surface area contributed by atoms with Crippen LogP contribution in [0.1, 0.15) is 44.6 Å². The van der Waals surface area contributed by atoms with Gasteiger partial charge in [-0.2, -0.15) is 0 Å². The summed E-state index contributed by atoms with van der Waals surface area (Å²) in [4.78, 5) is 27.3. The van der Waals surface area contributed by atoms with E-state index in [1.807, 2.05) is 25.3 Å². The number of aromatic nitrogens is 6. The third kappa shape index (κ3) is 4.44. The molecule has 0 amide bonds. The van der Waals surface area contributed by atoms with E-state index in [1.165, 1.54) is 24.7 Å². The summed E-state index contributed by atoms with van der Waals surface area (Å²) in [6.07, 6.45) is 5.94. The van der Waals surface area contributed by atoms with Crippen molar-refractivity contribution in [3.63, 3.8) is 0 Å². The first-order valence-corrected chi connectivity index (χ1v) is 13.0. The van der Waals surface area contributed by atoms with Gasteiger partial charge in [0.15, 0.2) is 11.5 Å². The second kappa shape index (κ2) is 9.42. The minimum absolute atomic E-state index is 0.183. The second-order valence-electron chi connectivity index (χ2n) is 10.3. The van der Waals surface area contributed by atoms with Crippen LogP contribution in [0.4, 0.5) is 16.2 Å². The summed E-state index contributed by atoms with van der Waals surface area (Å²) in [5, 5.41) is 3.12. The lowest BCUT2D eigenvalue weighted by Crippen LogP contribution is -2.45. The van der Waals surface area contributed by atoms with E-state index in [4.69, 9.17) is 0 Å². The molecule has 4 aromatic heterocycles. The molecular weight excluding hydrogens is 469 g/mol. The number of imidazole rings is 1. The number of nitrogens with one attached hydrogen (secondary N) is 1. The number of fused-ring (bicyclic) bond motifs is 3. The first-order valence-electron chi connectivity index (χ1n) is 13.0. The van der Waals surface area contributed by atoms with Gasteiger partial charge in [-0.25, -0.2) is 29.3 Å². The zero-order valence-corrected chi connectivity index (χ0v) is 21.7. The molecule has 2 aliphatic heterocycles. The van der Waals surface area contributed by atoms with Gasteiger partial charge in [-0.1, -0.05) is 13.0 Å². The number of halogens is 1. The van der Waals surface area contributed by atoms with E-state index in [-0.39, 0.29) is 17.7 Å². The summed E-state index contributed by atoms with van der Waals surface area (Å²) >= 11 is 0. The molecule has 6 rings (SSSR count). The smallest absolute Gasteiger partial charge is 0.229 e. The van der Waals surface area contributed by atoms with Crippen LogP contribution in [-0.2, 0) is 6.54 Å². The van der Waals surface area contributed by atoms with Gasteiger partial charge in [0.2, 0.25) is 5.95 Å². The average Bonchev–Trinajstić information content (AvgIpc) is 3.57. The number of likely N-dealkylation sites (tertiary alicyclic amines) is 2. The Hall–Kier alpha value is -3.50. The molecule has 6 heterocycles. The fraction of sp³-hybridized carbons (Fsp3) is 0.444. The summed E-state index contributed by atoms with van der Waals surface area (Å²) in [6.45, 7) is 12.7. The first-order chi connectivity index (χ1) is 17.9. The monoisotopic (exact) mass is 501 g/mol. The molecule has 0 aromatic carbocycles. The van der Waals surface area contributed by atoms with E-state index in [2.05, 4.69) is 71.4 Å². The van der Waals surface area contributed by atoms with Gasteiger partial charge in [0.25, 0.3) is 0 Å². The van der Waals surface area contributed by atoms with Crippen LogP contribution < -0.4 is 5.32 Å². The summed E-state index contributed by atoms with van der Waals surface area (Å²) in [6, 6.07) is 7.43. The van der Waals surface area contributed by atoms with Crippen molar-refractivity contribution in [2.45, 2.75) is 58.8 Å². The van der Waals surface area contributed by atoms with E-state index in [1.54, 1.807) is 6.20 Å². The molecule has 0 aliphatic carbocycles. The Bertz CT molecular complexity index is 1430. The Kier molecular flexibility index (Phi) is 6.08. The molecule has 2 fully saturated rings. The number of likely N-dealkylation sites (N-methyl/N-ethyl adjacent to an activating group) is 1. The Morgan fingerprint density at radius 3 is 2.54 bits per heavy atom. The van der Waals surface area contributed by atoms with Gasteiger partial charge in [-0.05, 0) is 51.4 Å². The highest BCUT2D eigenvalue weighted by Gasteiger charge is 2.42.